The third-order valence-corrected chi connectivity index (χ3v) is 4.51. The molecule has 0 amide bonds. The minimum atomic E-state index is -0.0911. The molecule has 0 aliphatic carbocycles. The lowest BCUT2D eigenvalue weighted by atomic mass is 9.99. The quantitative estimate of drug-likeness (QED) is 0.827. The molecule has 1 atom stereocenters. The van der Waals surface area contributed by atoms with E-state index in [2.05, 4.69) is 22.1 Å². The Bertz CT molecular complexity index is 444. The zero-order valence-electron chi connectivity index (χ0n) is 11.1. The number of likely N-dealkylation sites (tertiary alicyclic amines) is 1. The average molecular weight is 279 g/mol. The molecule has 1 aliphatic rings. The highest BCUT2D eigenvalue weighted by Gasteiger charge is 2.22. The molecular formula is C15H21NO2S. The summed E-state index contributed by atoms with van der Waals surface area (Å²) < 4.78 is 0. The topological polar surface area (TPSA) is 43.7 Å². The first-order chi connectivity index (χ1) is 9.35. The van der Waals surface area contributed by atoms with Gasteiger partial charge >= 0.3 is 0 Å². The van der Waals surface area contributed by atoms with E-state index in [0.717, 1.165) is 25.1 Å². The minimum Gasteiger partial charge on any atom is -0.396 e. The molecule has 1 fully saturated rings. The maximum absolute atomic E-state index is 9.16. The van der Waals surface area contributed by atoms with E-state index >= 15 is 0 Å². The maximum atomic E-state index is 9.16. The molecule has 1 aliphatic heterocycles. The fourth-order valence-corrected chi connectivity index (χ4v) is 3.49. The molecule has 1 aromatic rings. The van der Waals surface area contributed by atoms with Gasteiger partial charge in [0, 0.05) is 29.6 Å². The zero-order valence-corrected chi connectivity index (χ0v) is 12.0. The summed E-state index contributed by atoms with van der Waals surface area (Å²) in [5.41, 5.74) is 1.03. The van der Waals surface area contributed by atoms with Crippen molar-refractivity contribution in [2.45, 2.75) is 38.3 Å². The van der Waals surface area contributed by atoms with Gasteiger partial charge in [0.15, 0.2) is 0 Å². The summed E-state index contributed by atoms with van der Waals surface area (Å²) in [6.45, 7) is 2.20. The Labute approximate surface area is 118 Å². The molecule has 0 radical (unpaired) electrons. The van der Waals surface area contributed by atoms with E-state index in [4.69, 9.17) is 10.2 Å². The molecule has 104 valence electrons. The molecule has 1 aromatic heterocycles. The molecule has 2 rings (SSSR count). The van der Waals surface area contributed by atoms with Gasteiger partial charge in [0.25, 0.3) is 0 Å². The number of piperidine rings is 1. The van der Waals surface area contributed by atoms with Gasteiger partial charge in [-0.25, -0.2) is 0 Å². The highest BCUT2D eigenvalue weighted by Crippen LogP contribution is 2.25. The van der Waals surface area contributed by atoms with Gasteiger partial charge in [0.05, 0.1) is 0 Å². The molecule has 0 saturated carbocycles. The van der Waals surface area contributed by atoms with Gasteiger partial charge in [0.1, 0.15) is 6.61 Å². The smallest absolute Gasteiger partial charge is 0.104 e. The molecule has 0 spiro atoms. The second-order valence-corrected chi connectivity index (χ2v) is 5.85. The molecule has 2 N–H and O–H groups in total. The van der Waals surface area contributed by atoms with Gasteiger partial charge in [-0.1, -0.05) is 18.3 Å². The average Bonchev–Trinajstić information content (AvgIpc) is 2.86. The van der Waals surface area contributed by atoms with Crippen LogP contribution in [-0.4, -0.2) is 40.9 Å². The summed E-state index contributed by atoms with van der Waals surface area (Å²) in [7, 11) is 0. The number of nitrogens with zero attached hydrogens (tertiary/aromatic N) is 1. The first-order valence-electron chi connectivity index (χ1n) is 6.86. The van der Waals surface area contributed by atoms with Crippen molar-refractivity contribution in [2.24, 2.45) is 0 Å². The van der Waals surface area contributed by atoms with Crippen LogP contribution in [0.2, 0.25) is 0 Å². The van der Waals surface area contributed by atoms with E-state index in [9.17, 15) is 0 Å². The van der Waals surface area contributed by atoms with Crippen molar-refractivity contribution in [1.82, 2.24) is 4.90 Å². The summed E-state index contributed by atoms with van der Waals surface area (Å²) in [4.78, 5) is 3.74. The lowest BCUT2D eigenvalue weighted by Gasteiger charge is -2.35. The Hall–Kier alpha value is -0.860. The van der Waals surface area contributed by atoms with Crippen LogP contribution in [0, 0.1) is 11.8 Å². The van der Waals surface area contributed by atoms with Crippen molar-refractivity contribution >= 4 is 11.3 Å². The Kier molecular flexibility index (Phi) is 5.87. The van der Waals surface area contributed by atoms with Crippen molar-refractivity contribution in [2.75, 3.05) is 19.8 Å². The maximum Gasteiger partial charge on any atom is 0.104 e. The minimum absolute atomic E-state index is 0.0911. The molecule has 19 heavy (non-hydrogen) atoms. The Morgan fingerprint density at radius 3 is 3.05 bits per heavy atom. The first kappa shape index (κ1) is 14.5. The third kappa shape index (κ3) is 4.05. The van der Waals surface area contributed by atoms with Gasteiger partial charge in [-0.15, -0.1) is 11.3 Å². The fourth-order valence-electron chi connectivity index (χ4n) is 2.64. The number of thiophene rings is 1. The molecule has 1 unspecified atom stereocenters. The Morgan fingerprint density at radius 1 is 1.37 bits per heavy atom. The number of hydrogen-bond donors (Lipinski definition) is 2. The zero-order chi connectivity index (χ0) is 13.5. The van der Waals surface area contributed by atoms with E-state index in [1.165, 1.54) is 24.1 Å². The summed E-state index contributed by atoms with van der Waals surface area (Å²) in [5, 5.41) is 20.0. The van der Waals surface area contributed by atoms with Crippen LogP contribution in [0.4, 0.5) is 0 Å². The molecule has 0 bridgehead atoms. The highest BCUT2D eigenvalue weighted by molar-refractivity contribution is 7.10. The van der Waals surface area contributed by atoms with Crippen LogP contribution in [-0.2, 0) is 6.54 Å². The van der Waals surface area contributed by atoms with E-state index in [1.807, 2.05) is 6.07 Å². The predicted molar refractivity (Wildman–Crippen MR) is 78.0 cm³/mol. The van der Waals surface area contributed by atoms with Crippen LogP contribution >= 0.6 is 11.3 Å². The molecule has 0 aromatic carbocycles. The van der Waals surface area contributed by atoms with Gasteiger partial charge < -0.3 is 10.2 Å². The molecular weight excluding hydrogens is 258 g/mol. The normalized spacial score (nSPS) is 20.0. The lowest BCUT2D eigenvalue weighted by molar-refractivity contribution is 0.113. The van der Waals surface area contributed by atoms with Crippen LogP contribution in [0.25, 0.3) is 0 Å². The van der Waals surface area contributed by atoms with Crippen LogP contribution in [0.5, 0.6) is 0 Å². The molecule has 2 heterocycles. The second-order valence-electron chi connectivity index (χ2n) is 4.85. The SMILES string of the molecule is OCC#Cc1ccsc1CN1CCCCC1CCO. The number of rotatable bonds is 4. The summed E-state index contributed by atoms with van der Waals surface area (Å²) in [6, 6.07) is 2.52. The van der Waals surface area contributed by atoms with Crippen molar-refractivity contribution < 1.29 is 10.2 Å². The third-order valence-electron chi connectivity index (χ3n) is 3.61. The summed E-state index contributed by atoms with van der Waals surface area (Å²) in [6.07, 6.45) is 4.56. The van der Waals surface area contributed by atoms with Crippen LogP contribution in [0.3, 0.4) is 0 Å². The first-order valence-corrected chi connectivity index (χ1v) is 7.74. The monoisotopic (exact) mass is 279 g/mol. The van der Waals surface area contributed by atoms with Crippen molar-refractivity contribution in [1.29, 1.82) is 0 Å². The van der Waals surface area contributed by atoms with E-state index in [0.29, 0.717) is 6.04 Å². The number of aliphatic hydroxyl groups is 2. The highest BCUT2D eigenvalue weighted by atomic mass is 32.1. The van der Waals surface area contributed by atoms with Crippen LogP contribution in [0.1, 0.15) is 36.1 Å². The van der Waals surface area contributed by atoms with Crippen molar-refractivity contribution in [3.05, 3.63) is 21.9 Å². The van der Waals surface area contributed by atoms with Crippen LogP contribution < -0.4 is 0 Å². The number of aliphatic hydroxyl groups excluding tert-OH is 2. The van der Waals surface area contributed by atoms with E-state index in [1.54, 1.807) is 11.3 Å². The lowest BCUT2D eigenvalue weighted by Crippen LogP contribution is -2.39. The fraction of sp³-hybridized carbons (Fsp3) is 0.600. The second kappa shape index (κ2) is 7.66. The summed E-state index contributed by atoms with van der Waals surface area (Å²) in [5.74, 6) is 5.73. The van der Waals surface area contributed by atoms with Gasteiger partial charge in [0.2, 0.25) is 0 Å². The standard InChI is InChI=1S/C15H21NO2S/c17-9-3-4-13-7-11-19-15(13)12-16-8-2-1-5-14(16)6-10-18/h7,11,14,17-18H,1-2,5-6,8-10,12H2. The van der Waals surface area contributed by atoms with Gasteiger partial charge in [-0.2, -0.15) is 0 Å². The van der Waals surface area contributed by atoms with Gasteiger partial charge in [-0.05, 0) is 37.3 Å². The molecule has 1 saturated heterocycles. The predicted octanol–water partition coefficient (Wildman–Crippen LogP) is 1.83. The Balaban J connectivity index is 2.04. The van der Waals surface area contributed by atoms with Crippen LogP contribution in [0.15, 0.2) is 11.4 Å². The van der Waals surface area contributed by atoms with Gasteiger partial charge in [-0.3, -0.25) is 4.90 Å². The van der Waals surface area contributed by atoms with Crippen molar-refractivity contribution in [3.63, 3.8) is 0 Å². The van der Waals surface area contributed by atoms with E-state index in [-0.39, 0.29) is 13.2 Å². The van der Waals surface area contributed by atoms with Crippen molar-refractivity contribution in [3.8, 4) is 11.8 Å². The largest absolute Gasteiger partial charge is 0.396 e. The molecule has 4 heteroatoms. The Morgan fingerprint density at radius 2 is 2.26 bits per heavy atom. The van der Waals surface area contributed by atoms with E-state index < -0.39 is 0 Å². The number of hydrogen-bond acceptors (Lipinski definition) is 4. The summed E-state index contributed by atoms with van der Waals surface area (Å²) >= 11 is 1.73. The molecule has 3 nitrogen and oxygen atoms in total.